The fourth-order valence-corrected chi connectivity index (χ4v) is 11.9. The molecule has 0 spiro atoms. The second-order valence-corrected chi connectivity index (χ2v) is 25.6. The number of carbonyl (C=O) groups is 2. The number of carbonyl (C=O) groups excluding carboxylic acids is 2. The zero-order valence-corrected chi connectivity index (χ0v) is 57.7. The van der Waals surface area contributed by atoms with Crippen molar-refractivity contribution in [3.8, 4) is 51.6 Å². The highest BCUT2D eigenvalue weighted by Crippen LogP contribution is 2.34. The number of hydrogen-bond acceptors (Lipinski definition) is 25. The second kappa shape index (κ2) is 31.5. The number of H-pyrrole nitrogens is 1. The van der Waals surface area contributed by atoms with Crippen molar-refractivity contribution in [1.82, 2.24) is 53.8 Å². The van der Waals surface area contributed by atoms with Gasteiger partial charge in [0.25, 0.3) is 5.56 Å². The van der Waals surface area contributed by atoms with Crippen LogP contribution in [0.3, 0.4) is 0 Å². The highest BCUT2D eigenvalue weighted by atomic mass is 32.2. The Labute approximate surface area is 597 Å². The molecule has 0 fully saturated rings. The fourth-order valence-electron chi connectivity index (χ4n) is 11.2. The molecule has 30 heteroatoms. The number of fused-ring (bicyclic) bond motifs is 8. The number of aromatic amines is 1. The van der Waals surface area contributed by atoms with Crippen LogP contribution >= 0.6 is 12.2 Å². The smallest absolute Gasteiger partial charge is 0.343 e. The predicted octanol–water partition coefficient (Wildman–Crippen LogP) is 9.63. The van der Waals surface area contributed by atoms with Gasteiger partial charge in [-0.25, -0.2) is 33.0 Å². The highest BCUT2D eigenvalue weighted by Gasteiger charge is 2.26. The number of nitrogens with one attached hydrogen (secondary N) is 3. The van der Waals surface area contributed by atoms with Gasteiger partial charge >= 0.3 is 11.9 Å². The minimum absolute atomic E-state index is 0.0000926. The first-order valence-corrected chi connectivity index (χ1v) is 35.1. The van der Waals surface area contributed by atoms with Crippen molar-refractivity contribution < 1.29 is 55.9 Å². The van der Waals surface area contributed by atoms with Gasteiger partial charge in [0.1, 0.15) is 43.7 Å². The van der Waals surface area contributed by atoms with Crippen molar-refractivity contribution in [2.24, 2.45) is 5.73 Å². The Kier molecular flexibility index (Phi) is 21.1. The number of ether oxygens (including phenoxy) is 8. The quantitative estimate of drug-likeness (QED) is 0.0421. The van der Waals surface area contributed by atoms with Gasteiger partial charge in [0.05, 0.1) is 75.3 Å². The summed E-state index contributed by atoms with van der Waals surface area (Å²) in [5.41, 5.74) is 8.67. The zero-order chi connectivity index (χ0) is 72.3. The number of esters is 2. The van der Waals surface area contributed by atoms with Crippen molar-refractivity contribution in [2.45, 2.75) is 37.3 Å². The monoisotopic (exact) mass is 1440 g/mol. The molecule has 3 atom stereocenters. The molecule has 6 aromatic carbocycles. The van der Waals surface area contributed by atoms with Crippen LogP contribution in [0.2, 0.25) is 0 Å². The number of nitrogens with two attached hydrogens (primary N) is 1. The molecule has 0 amide bonds. The molecule has 528 valence electrons. The van der Waals surface area contributed by atoms with Gasteiger partial charge in [0.2, 0.25) is 32.3 Å². The Morgan fingerprint density at radius 1 is 0.538 bits per heavy atom. The molecule has 3 aliphatic rings. The molecule has 0 radical (unpaired) electrons. The van der Waals surface area contributed by atoms with E-state index >= 15 is 0 Å². The summed E-state index contributed by atoms with van der Waals surface area (Å²) in [5.74, 6) is 4.06. The number of anilines is 2. The summed E-state index contributed by atoms with van der Waals surface area (Å²) in [5, 5.41) is 14.8. The molecular weight excluding hydrogens is 1370 g/mol. The minimum atomic E-state index is -3.67. The third-order valence-electron chi connectivity index (χ3n) is 16.1. The van der Waals surface area contributed by atoms with Crippen LogP contribution in [0.15, 0.2) is 216 Å². The van der Waals surface area contributed by atoms with E-state index in [9.17, 15) is 27.6 Å². The summed E-state index contributed by atoms with van der Waals surface area (Å²) in [4.78, 5) is 76.6. The van der Waals surface area contributed by atoms with Crippen LogP contribution < -0.4 is 55.8 Å². The minimum Gasteiger partial charge on any atom is -0.486 e. The average Bonchev–Trinajstić information content (AvgIpc) is 1.24. The fraction of sp³-hybridized carbons (Fsp3) is 0.189. The number of benzene rings is 6. The summed E-state index contributed by atoms with van der Waals surface area (Å²) in [7, 11) is -3.67. The molecular formula is C74H66N14O14S2. The van der Waals surface area contributed by atoms with E-state index in [1.165, 1.54) is 17.0 Å². The van der Waals surface area contributed by atoms with Gasteiger partial charge in [-0.1, -0.05) is 103 Å². The average molecular weight is 1440 g/mol. The Hall–Kier alpha value is -12.7. The number of rotatable bonds is 15. The van der Waals surface area contributed by atoms with E-state index in [2.05, 4.69) is 45.8 Å². The number of para-hydroxylation sites is 9. The predicted molar refractivity (Wildman–Crippen MR) is 390 cm³/mol. The molecule has 16 rings (SSSR count). The van der Waals surface area contributed by atoms with E-state index in [-0.39, 0.29) is 53.7 Å². The van der Waals surface area contributed by atoms with Gasteiger partial charge in [0.15, 0.2) is 51.4 Å². The first kappa shape index (κ1) is 69.8. The number of nitrogens with zero attached hydrogens (tertiary/aromatic N) is 10. The standard InChI is InChI=1S/C25H22N4O4S.C23H18N6O3.C17H15N3O5S.C9H11NO2/c1-2-31-24(30)19-14-29(16-8-4-3-5-9-16)23-18(22(19)34)13-27-25(28-23)26-12-17-15-32-20-10-6-7-11-21(20)33-17;30-22-17-12-26-28-20(17)16-11-25-23(27-21(16)29(22)14-6-2-1-3-7-14)24-10-15-13-31-18-8-4-5-9-19(18)32-15;1-3-25-16(22)13-10-20(11-7-5-4-6-8-11)15-12(14(13)21)9-18-17(19-15)26(2,23)24;10-5-7-6-11-8-3-1-2-4-9(8)12-7/h3-11,13-14,17H,2,12,15H2,1H3,(H,26,27,28);1-9,11-12,15H,10,13H2,(H,26,28)(H,24,25,27);4-10H,3H2,1-2H3;1-4,7H,5-6,10H2. The summed E-state index contributed by atoms with van der Waals surface area (Å²) >= 11 is 5.59. The molecule has 104 heavy (non-hydrogen) atoms. The highest BCUT2D eigenvalue weighted by molar-refractivity contribution is 7.90. The lowest BCUT2D eigenvalue weighted by atomic mass is 10.2. The van der Waals surface area contributed by atoms with Crippen LogP contribution in [0.5, 0.6) is 34.5 Å². The lowest BCUT2D eigenvalue weighted by molar-refractivity contribution is 0.0515. The van der Waals surface area contributed by atoms with Crippen LogP contribution in [0.4, 0.5) is 11.9 Å². The number of sulfone groups is 1. The van der Waals surface area contributed by atoms with Crippen LogP contribution in [0.1, 0.15) is 34.6 Å². The van der Waals surface area contributed by atoms with Gasteiger partial charge in [-0.3, -0.25) is 19.3 Å². The Morgan fingerprint density at radius 3 is 1.48 bits per heavy atom. The van der Waals surface area contributed by atoms with Crippen LogP contribution in [-0.4, -0.2) is 151 Å². The topological polar surface area (TPSA) is 347 Å². The van der Waals surface area contributed by atoms with Crippen LogP contribution in [0.25, 0.3) is 61.1 Å². The lowest BCUT2D eigenvalue weighted by Crippen LogP contribution is -2.35. The van der Waals surface area contributed by atoms with Crippen molar-refractivity contribution >= 4 is 89.9 Å². The normalized spacial score (nSPS) is 14.7. The van der Waals surface area contributed by atoms with Crippen molar-refractivity contribution in [3.05, 3.63) is 237 Å². The van der Waals surface area contributed by atoms with Gasteiger partial charge in [0, 0.05) is 55.2 Å². The van der Waals surface area contributed by atoms with Gasteiger partial charge in [-0.05, 0) is 86.6 Å². The molecule has 3 unspecified atom stereocenters. The van der Waals surface area contributed by atoms with E-state index in [0.717, 1.165) is 46.8 Å². The first-order valence-electron chi connectivity index (χ1n) is 32.8. The van der Waals surface area contributed by atoms with E-state index < -0.39 is 32.4 Å². The summed E-state index contributed by atoms with van der Waals surface area (Å²) in [6, 6.07) is 50.6. The Morgan fingerprint density at radius 2 is 0.971 bits per heavy atom. The lowest BCUT2D eigenvalue weighted by Gasteiger charge is -2.26. The van der Waals surface area contributed by atoms with Crippen LogP contribution in [0, 0.1) is 4.51 Å². The SMILES string of the molecule is CCOC(=O)c1cn(-c2ccccc2)c2nc(NCC3COc4ccccc4O3)ncc2c1=S.CCOC(=O)c1cn(-c2ccccc2)c2nc(S(C)(=O)=O)ncc2c1=O.NCC1COc2ccccc2O1.O=c1c2cn[nH]c2c2cnc(NCC3COc4ccccc4O3)nc2n1-c1ccccc1. The molecule has 0 bridgehead atoms. The molecule has 3 aliphatic heterocycles. The zero-order valence-electron chi connectivity index (χ0n) is 56.0. The maximum absolute atomic E-state index is 13.2. The molecule has 13 aromatic rings. The van der Waals surface area contributed by atoms with Crippen molar-refractivity contribution in [1.29, 1.82) is 0 Å². The Balaban J connectivity index is 0.000000129. The van der Waals surface area contributed by atoms with E-state index in [1.807, 2.05) is 138 Å². The van der Waals surface area contributed by atoms with E-state index in [4.69, 9.17) is 60.8 Å². The maximum Gasteiger partial charge on any atom is 0.343 e. The second-order valence-electron chi connectivity index (χ2n) is 23.2. The first-order chi connectivity index (χ1) is 50.6. The van der Waals surface area contributed by atoms with Gasteiger partial charge in [-0.15, -0.1) is 0 Å². The summed E-state index contributed by atoms with van der Waals surface area (Å²) in [6.45, 7) is 6.54. The molecule has 0 saturated heterocycles. The molecule has 28 nitrogen and oxygen atoms in total. The maximum atomic E-state index is 13.2. The Bertz CT molecular complexity index is 5620. The van der Waals surface area contributed by atoms with Gasteiger partial charge < -0.3 is 63.4 Å². The number of pyridine rings is 3. The van der Waals surface area contributed by atoms with Crippen molar-refractivity contribution in [2.75, 3.05) is 69.6 Å². The van der Waals surface area contributed by atoms with Gasteiger partial charge in [-0.2, -0.15) is 20.1 Å². The van der Waals surface area contributed by atoms with Crippen molar-refractivity contribution in [3.63, 3.8) is 0 Å². The summed E-state index contributed by atoms with van der Waals surface area (Å²) < 4.78 is 73.4. The molecule has 0 aliphatic carbocycles. The summed E-state index contributed by atoms with van der Waals surface area (Å²) in [6.07, 6.45) is 9.52. The molecule has 10 heterocycles. The molecule has 7 aromatic heterocycles. The molecule has 5 N–H and O–H groups in total. The number of aromatic nitrogens is 11. The van der Waals surface area contributed by atoms with E-state index in [1.54, 1.807) is 67.3 Å². The van der Waals surface area contributed by atoms with Crippen LogP contribution in [-0.2, 0) is 19.3 Å². The molecule has 0 saturated carbocycles. The third-order valence-corrected chi connectivity index (χ3v) is 17.4. The third kappa shape index (κ3) is 15.5. The number of hydrogen-bond donors (Lipinski definition) is 4. The largest absolute Gasteiger partial charge is 0.486 e. The van der Waals surface area contributed by atoms with E-state index in [0.29, 0.717) is 112 Å².